The van der Waals surface area contributed by atoms with Crippen LogP contribution in [0.1, 0.15) is 116 Å². The second-order valence-electron chi connectivity index (χ2n) is 13.4. The van der Waals surface area contributed by atoms with E-state index in [1.807, 2.05) is 0 Å². The summed E-state index contributed by atoms with van der Waals surface area (Å²) in [6.45, 7) is 13.7. The van der Waals surface area contributed by atoms with Crippen molar-refractivity contribution < 1.29 is 59.6 Å². The SMILES string of the molecule is [2H]CC(=O)N(CNC(C)=O)CNC(C)=O.[2H]CC(C(=O)NC)C(=O)NC.[2H]CC(CCCCNC(C)=O)NC(C)=O.[2H]CC(CNC(C)=O)CNC(C)=O.[2H]CC(CNC(C)=O)CNC(C)=O. The Labute approximate surface area is 375 Å². The Kier molecular flexibility index (Phi) is 36.6. The van der Waals surface area contributed by atoms with Crippen molar-refractivity contribution in [2.75, 3.05) is 60.2 Å². The fourth-order valence-corrected chi connectivity index (χ4v) is 3.55. The van der Waals surface area contributed by atoms with Crippen LogP contribution in [-0.2, 0) is 52.7 Å². The number of amides is 11. The molecule has 0 bridgehead atoms. The van der Waals surface area contributed by atoms with Gasteiger partial charge in [-0.2, -0.15) is 0 Å². The van der Waals surface area contributed by atoms with Gasteiger partial charge in [-0.1, -0.05) is 13.8 Å². The molecule has 0 saturated heterocycles. The van der Waals surface area contributed by atoms with Crippen molar-refractivity contribution in [2.45, 2.75) is 115 Å². The van der Waals surface area contributed by atoms with E-state index >= 15 is 0 Å². The van der Waals surface area contributed by atoms with E-state index in [1.165, 1.54) is 74.4 Å². The fraction of sp³-hybridized carbons (Fsp3) is 0.725. The van der Waals surface area contributed by atoms with E-state index in [9.17, 15) is 52.7 Å². The molecule has 0 fully saturated rings. The molecule has 0 aromatic rings. The van der Waals surface area contributed by atoms with Gasteiger partial charge in [0, 0.05) is 122 Å². The molecule has 62 heavy (non-hydrogen) atoms. The van der Waals surface area contributed by atoms with Crippen LogP contribution in [0.3, 0.4) is 0 Å². The van der Waals surface area contributed by atoms with E-state index in [1.54, 1.807) is 0 Å². The van der Waals surface area contributed by atoms with Crippen LogP contribution < -0.4 is 53.2 Å². The van der Waals surface area contributed by atoms with Crippen LogP contribution >= 0.6 is 0 Å². The molecular formula is C40H79N11O11. The van der Waals surface area contributed by atoms with Gasteiger partial charge < -0.3 is 58.1 Å². The van der Waals surface area contributed by atoms with Crippen molar-refractivity contribution in [2.24, 2.45) is 17.8 Å². The number of nitrogens with one attached hydrogen (secondary N) is 10. The third-order valence-corrected chi connectivity index (χ3v) is 6.84. The summed E-state index contributed by atoms with van der Waals surface area (Å²) in [6.07, 6.45) is 2.59. The minimum Gasteiger partial charge on any atom is -0.358 e. The van der Waals surface area contributed by atoms with Crippen molar-refractivity contribution in [3.05, 3.63) is 0 Å². The Hall–Kier alpha value is -5.83. The molecule has 0 aliphatic heterocycles. The summed E-state index contributed by atoms with van der Waals surface area (Å²) >= 11 is 0. The normalized spacial score (nSPS) is 11.0. The van der Waals surface area contributed by atoms with Crippen molar-refractivity contribution in [1.82, 2.24) is 58.1 Å². The van der Waals surface area contributed by atoms with E-state index in [4.69, 9.17) is 6.85 Å². The maximum atomic E-state index is 11.2. The van der Waals surface area contributed by atoms with Crippen molar-refractivity contribution in [3.8, 4) is 0 Å². The summed E-state index contributed by atoms with van der Waals surface area (Å²) < 4.78 is 35.3. The zero-order valence-corrected chi connectivity index (χ0v) is 38.4. The maximum absolute atomic E-state index is 11.2. The van der Waals surface area contributed by atoms with Crippen LogP contribution in [0.5, 0.6) is 0 Å². The topological polar surface area (TPSA) is 311 Å². The standard InChI is InChI=1S/C10H20N2O2.C8H15N3O3.2C8H16N2O2.C6H12N2O2/c1-8(12-10(3)14)6-4-5-7-11-9(2)13;1-6(12)9-4-11(8(3)14)5-10-7(2)13;2*1-6(4-9-7(2)11)5-10-8(3)12;1-4(5(9)7-2)6(10)8-3/h8H,4-7H2,1-3H3,(H,11,13)(H,12,14);4-5H2,1-3H3,(H,9,12)(H,10,13);2*6H,4-5H2,1-3H3,(H,9,11)(H,10,12);4H,1-3H3,(H,7,9)(H,8,10)/i1D;3D;3*1D. The lowest BCUT2D eigenvalue weighted by Crippen LogP contribution is -2.45. The first-order valence-electron chi connectivity index (χ1n) is 23.0. The minimum atomic E-state index is -0.884. The molecule has 0 aromatic heterocycles. The molecule has 0 spiro atoms. The quantitative estimate of drug-likeness (QED) is 0.0391. The first-order chi connectivity index (χ1) is 31.3. The van der Waals surface area contributed by atoms with Crippen LogP contribution in [0.25, 0.3) is 0 Å². The molecule has 1 atom stereocenters. The van der Waals surface area contributed by atoms with E-state index in [0.29, 0.717) is 32.7 Å². The van der Waals surface area contributed by atoms with Crippen LogP contribution in [0.2, 0.25) is 0 Å². The Morgan fingerprint density at radius 1 is 0.468 bits per heavy atom. The van der Waals surface area contributed by atoms with E-state index in [-0.39, 0.29) is 106 Å². The number of hydrogen-bond donors (Lipinski definition) is 10. The number of nitrogens with zero attached hydrogens (tertiary/aromatic N) is 1. The number of rotatable bonds is 20. The van der Waals surface area contributed by atoms with Gasteiger partial charge in [0.15, 0.2) is 0 Å². The van der Waals surface area contributed by atoms with Gasteiger partial charge in [-0.25, -0.2) is 0 Å². The first kappa shape index (κ1) is 54.2. The lowest BCUT2D eigenvalue weighted by Gasteiger charge is -2.20. The van der Waals surface area contributed by atoms with Crippen LogP contribution in [-0.4, -0.2) is 136 Å². The van der Waals surface area contributed by atoms with Crippen LogP contribution in [0, 0.1) is 17.8 Å². The molecule has 0 aliphatic rings. The molecule has 0 rings (SSSR count). The second kappa shape index (κ2) is 41.9. The predicted octanol–water partition coefficient (Wildman–Crippen LogP) is -1.26. The number of carbonyl (C=O) groups is 11. The number of hydrogen-bond acceptors (Lipinski definition) is 11. The lowest BCUT2D eigenvalue weighted by atomic mass is 10.1. The van der Waals surface area contributed by atoms with Crippen molar-refractivity contribution in [1.29, 1.82) is 0 Å². The summed E-state index contributed by atoms with van der Waals surface area (Å²) in [6, 6.07) is -0.0557. The van der Waals surface area contributed by atoms with E-state index < -0.39 is 30.5 Å². The molecule has 0 aliphatic carbocycles. The molecule has 11 amide bonds. The Morgan fingerprint density at radius 2 is 0.839 bits per heavy atom. The Balaban J connectivity index is -0.000000240. The molecule has 0 aromatic carbocycles. The average Bonchev–Trinajstić information content (AvgIpc) is 3.25. The monoisotopic (exact) mass is 895 g/mol. The Morgan fingerprint density at radius 3 is 1.10 bits per heavy atom. The zero-order valence-electron chi connectivity index (χ0n) is 43.4. The molecule has 0 radical (unpaired) electrons. The van der Waals surface area contributed by atoms with Gasteiger partial charge in [-0.3, -0.25) is 52.7 Å². The van der Waals surface area contributed by atoms with Gasteiger partial charge in [-0.15, -0.1) is 0 Å². The highest BCUT2D eigenvalue weighted by molar-refractivity contribution is 5.99. The van der Waals surface area contributed by atoms with Gasteiger partial charge in [0.2, 0.25) is 65.0 Å². The third kappa shape index (κ3) is 56.3. The molecule has 0 saturated carbocycles. The van der Waals surface area contributed by atoms with Gasteiger partial charge >= 0.3 is 0 Å². The molecule has 10 N–H and O–H groups in total. The summed E-state index contributed by atoms with van der Waals surface area (Å²) in [5, 5.41) is 25.3. The van der Waals surface area contributed by atoms with E-state index in [0.717, 1.165) is 19.3 Å². The van der Waals surface area contributed by atoms with Gasteiger partial charge in [0.25, 0.3) is 0 Å². The molecule has 360 valence electrons. The number of unbranched alkanes of at least 4 members (excludes halogenated alkanes) is 1. The van der Waals surface area contributed by atoms with Crippen molar-refractivity contribution >= 4 is 65.0 Å². The summed E-state index contributed by atoms with van der Waals surface area (Å²) in [5.41, 5.74) is 0. The summed E-state index contributed by atoms with van der Waals surface area (Å²) in [4.78, 5) is 119. The molecule has 1 unspecified atom stereocenters. The highest BCUT2D eigenvalue weighted by Gasteiger charge is 2.18. The maximum Gasteiger partial charge on any atom is 0.232 e. The van der Waals surface area contributed by atoms with Crippen LogP contribution in [0.4, 0.5) is 0 Å². The third-order valence-electron chi connectivity index (χ3n) is 6.84. The highest BCUT2D eigenvalue weighted by atomic mass is 16.2. The van der Waals surface area contributed by atoms with Crippen LogP contribution in [0.15, 0.2) is 0 Å². The molecule has 22 nitrogen and oxygen atoms in total. The Bertz CT molecular complexity index is 1380. The largest absolute Gasteiger partial charge is 0.358 e. The van der Waals surface area contributed by atoms with E-state index in [2.05, 4.69) is 53.2 Å². The summed E-state index contributed by atoms with van der Waals surface area (Å²) in [5.74, 6) is -3.30. The lowest BCUT2D eigenvalue weighted by molar-refractivity contribution is -0.134. The average molecular weight is 895 g/mol. The van der Waals surface area contributed by atoms with Crippen molar-refractivity contribution in [3.63, 3.8) is 0 Å². The fourth-order valence-electron chi connectivity index (χ4n) is 3.55. The van der Waals surface area contributed by atoms with Gasteiger partial charge in [0.1, 0.15) is 5.92 Å². The zero-order chi connectivity index (χ0) is 52.9. The predicted molar refractivity (Wildman–Crippen MR) is 236 cm³/mol. The van der Waals surface area contributed by atoms with Gasteiger partial charge in [-0.05, 0) is 44.9 Å². The highest BCUT2D eigenvalue weighted by Crippen LogP contribution is 1.99. The summed E-state index contributed by atoms with van der Waals surface area (Å²) in [7, 11) is 2.88. The number of carbonyl (C=O) groups excluding carboxylic acids is 11. The minimum absolute atomic E-state index is 0.00662. The second-order valence-corrected chi connectivity index (χ2v) is 13.4. The molecule has 0 heterocycles. The molecular weight excluding hydrogens is 811 g/mol. The smallest absolute Gasteiger partial charge is 0.232 e. The molecule has 22 heteroatoms. The van der Waals surface area contributed by atoms with Gasteiger partial charge in [0.05, 0.1) is 13.3 Å². The first-order valence-corrected chi connectivity index (χ1v) is 19.5.